The first-order chi connectivity index (χ1) is 9.84. The normalized spacial score (nSPS) is 21.6. The molecule has 1 fully saturated rings. The van der Waals surface area contributed by atoms with Gasteiger partial charge in [0, 0.05) is 17.2 Å². The van der Waals surface area contributed by atoms with Gasteiger partial charge < -0.3 is 4.98 Å². The number of aryl methyl sites for hydroxylation is 1. The molecule has 0 radical (unpaired) electrons. The number of hydrogen-bond donors (Lipinski definition) is 1. The van der Waals surface area contributed by atoms with Gasteiger partial charge in [0.05, 0.1) is 0 Å². The Morgan fingerprint density at radius 2 is 1.50 bits per heavy atom. The number of rotatable bonds is 1. The maximum atomic E-state index is 5.59. The van der Waals surface area contributed by atoms with Crippen LogP contribution < -0.4 is 0 Å². The number of hydrogen-bond acceptors (Lipinski definition) is 2. The van der Waals surface area contributed by atoms with Gasteiger partial charge in [-0.05, 0) is 38.5 Å². The smallest absolute Gasteiger partial charge is 0.133 e. The molecule has 2 nitrogen and oxygen atoms in total. The first-order valence-electron chi connectivity index (χ1n) is 8.46. The van der Waals surface area contributed by atoms with Crippen LogP contribution in [-0.2, 0) is 12.8 Å². The van der Waals surface area contributed by atoms with Crippen LogP contribution in [0.1, 0.15) is 87.2 Å². The van der Waals surface area contributed by atoms with Crippen LogP contribution in [0.5, 0.6) is 0 Å². The van der Waals surface area contributed by atoms with E-state index in [0.29, 0.717) is 5.92 Å². The first-order valence-corrected chi connectivity index (χ1v) is 8.87. The Morgan fingerprint density at radius 3 is 2.30 bits per heavy atom. The van der Waals surface area contributed by atoms with Crippen LogP contribution in [-0.4, -0.2) is 9.97 Å². The van der Waals surface area contributed by atoms with Crippen molar-refractivity contribution >= 4 is 12.2 Å². The van der Waals surface area contributed by atoms with Gasteiger partial charge >= 0.3 is 0 Å². The zero-order valence-electron chi connectivity index (χ0n) is 12.4. The monoisotopic (exact) mass is 290 g/mol. The summed E-state index contributed by atoms with van der Waals surface area (Å²) in [6.45, 7) is 0. The van der Waals surface area contributed by atoms with E-state index in [-0.39, 0.29) is 0 Å². The lowest BCUT2D eigenvalue weighted by Crippen LogP contribution is -2.11. The Hall–Kier alpha value is -0.700. The molecule has 2 aliphatic carbocycles. The molecule has 1 aromatic rings. The van der Waals surface area contributed by atoms with E-state index in [9.17, 15) is 0 Å². The predicted molar refractivity (Wildman–Crippen MR) is 85.7 cm³/mol. The summed E-state index contributed by atoms with van der Waals surface area (Å²) >= 11 is 5.59. The average Bonchev–Trinajstić information content (AvgIpc) is 2.63. The largest absolute Gasteiger partial charge is 0.347 e. The SMILES string of the molecule is S=c1nc(C2CCCCCCC2)[nH]c2c1CCCCC2. The van der Waals surface area contributed by atoms with Gasteiger partial charge in [-0.3, -0.25) is 0 Å². The molecule has 110 valence electrons. The minimum atomic E-state index is 0.616. The molecule has 0 aliphatic heterocycles. The Balaban J connectivity index is 1.87. The molecule has 1 N–H and O–H groups in total. The maximum Gasteiger partial charge on any atom is 0.133 e. The van der Waals surface area contributed by atoms with Gasteiger partial charge in [0.1, 0.15) is 10.5 Å². The Kier molecular flexibility index (Phi) is 4.87. The highest BCUT2D eigenvalue weighted by atomic mass is 32.1. The number of aromatic nitrogens is 2. The second kappa shape index (κ2) is 6.84. The molecule has 3 rings (SSSR count). The summed E-state index contributed by atoms with van der Waals surface area (Å²) < 4.78 is 0.887. The third-order valence-electron chi connectivity index (χ3n) is 4.97. The van der Waals surface area contributed by atoms with E-state index in [4.69, 9.17) is 17.2 Å². The molecule has 1 aromatic heterocycles. The lowest BCUT2D eigenvalue weighted by atomic mass is 9.90. The van der Waals surface area contributed by atoms with Crippen molar-refractivity contribution in [3.8, 4) is 0 Å². The maximum absolute atomic E-state index is 5.59. The topological polar surface area (TPSA) is 28.7 Å². The van der Waals surface area contributed by atoms with Crippen molar-refractivity contribution < 1.29 is 0 Å². The molecule has 1 saturated carbocycles. The van der Waals surface area contributed by atoms with Crippen LogP contribution >= 0.6 is 12.2 Å². The number of fused-ring (bicyclic) bond motifs is 1. The van der Waals surface area contributed by atoms with Gasteiger partial charge in [-0.2, -0.15) is 0 Å². The van der Waals surface area contributed by atoms with Crippen LogP contribution in [0.4, 0.5) is 0 Å². The van der Waals surface area contributed by atoms with Gasteiger partial charge in [0.2, 0.25) is 0 Å². The van der Waals surface area contributed by atoms with Crippen LogP contribution in [0.15, 0.2) is 0 Å². The highest BCUT2D eigenvalue weighted by Gasteiger charge is 2.19. The first kappa shape index (κ1) is 14.2. The third-order valence-corrected chi connectivity index (χ3v) is 5.31. The molecule has 20 heavy (non-hydrogen) atoms. The predicted octanol–water partition coefficient (Wildman–Crippen LogP) is 5.24. The van der Waals surface area contributed by atoms with Crippen LogP contribution in [0.3, 0.4) is 0 Å². The zero-order valence-corrected chi connectivity index (χ0v) is 13.2. The minimum Gasteiger partial charge on any atom is -0.347 e. The van der Waals surface area contributed by atoms with E-state index in [1.54, 1.807) is 0 Å². The average molecular weight is 290 g/mol. The summed E-state index contributed by atoms with van der Waals surface area (Å²) in [4.78, 5) is 8.47. The molecule has 0 atom stereocenters. The molecule has 0 amide bonds. The van der Waals surface area contributed by atoms with Crippen LogP contribution in [0.25, 0.3) is 0 Å². The summed E-state index contributed by atoms with van der Waals surface area (Å²) in [7, 11) is 0. The number of nitrogens with one attached hydrogen (secondary N) is 1. The minimum absolute atomic E-state index is 0.616. The van der Waals surface area contributed by atoms with E-state index in [2.05, 4.69) is 4.98 Å². The fourth-order valence-electron chi connectivity index (χ4n) is 3.74. The number of nitrogens with zero attached hydrogens (tertiary/aromatic N) is 1. The summed E-state index contributed by atoms with van der Waals surface area (Å²) in [5.74, 6) is 1.81. The molecule has 3 heteroatoms. The molecule has 0 unspecified atom stereocenters. The zero-order chi connectivity index (χ0) is 13.8. The van der Waals surface area contributed by atoms with Gasteiger partial charge in [-0.1, -0.05) is 50.7 Å². The number of H-pyrrole nitrogens is 1. The summed E-state index contributed by atoms with van der Waals surface area (Å²) in [5, 5.41) is 0. The molecule has 2 aliphatic rings. The van der Waals surface area contributed by atoms with E-state index < -0.39 is 0 Å². The van der Waals surface area contributed by atoms with Crippen molar-refractivity contribution in [3.05, 3.63) is 21.7 Å². The Morgan fingerprint density at radius 1 is 0.850 bits per heavy atom. The fraction of sp³-hybridized carbons (Fsp3) is 0.765. The lowest BCUT2D eigenvalue weighted by Gasteiger charge is -2.20. The molecular formula is C17H26N2S. The summed E-state index contributed by atoms with van der Waals surface area (Å²) in [6, 6.07) is 0. The van der Waals surface area contributed by atoms with E-state index in [1.807, 2.05) is 0 Å². The second-order valence-electron chi connectivity index (χ2n) is 6.49. The molecule has 0 bridgehead atoms. The molecular weight excluding hydrogens is 264 g/mol. The fourth-order valence-corrected chi connectivity index (χ4v) is 4.06. The second-order valence-corrected chi connectivity index (χ2v) is 6.87. The van der Waals surface area contributed by atoms with E-state index >= 15 is 0 Å². The highest BCUT2D eigenvalue weighted by Crippen LogP contribution is 2.30. The Bertz CT molecular complexity index is 498. The van der Waals surface area contributed by atoms with Crippen molar-refractivity contribution in [2.45, 2.75) is 83.0 Å². The van der Waals surface area contributed by atoms with Crippen molar-refractivity contribution in [1.82, 2.24) is 9.97 Å². The van der Waals surface area contributed by atoms with Crippen molar-refractivity contribution in [2.75, 3.05) is 0 Å². The summed E-state index contributed by atoms with van der Waals surface area (Å²) in [5.41, 5.74) is 2.74. The molecule has 0 spiro atoms. The van der Waals surface area contributed by atoms with Gasteiger partial charge in [0.15, 0.2) is 0 Å². The highest BCUT2D eigenvalue weighted by molar-refractivity contribution is 7.71. The van der Waals surface area contributed by atoms with Crippen LogP contribution in [0, 0.1) is 4.64 Å². The third kappa shape index (κ3) is 3.30. The number of aromatic amines is 1. The van der Waals surface area contributed by atoms with Gasteiger partial charge in [-0.15, -0.1) is 0 Å². The summed E-state index contributed by atoms with van der Waals surface area (Å²) in [6.07, 6.45) is 15.7. The quantitative estimate of drug-likeness (QED) is 0.566. The van der Waals surface area contributed by atoms with Gasteiger partial charge in [-0.25, -0.2) is 4.98 Å². The van der Waals surface area contributed by atoms with Gasteiger partial charge in [0.25, 0.3) is 0 Å². The molecule has 0 aromatic carbocycles. The van der Waals surface area contributed by atoms with Crippen molar-refractivity contribution in [1.29, 1.82) is 0 Å². The standard InChI is InChI=1S/C17H26N2S/c20-17-14-11-7-4-8-12-15(14)18-16(19-17)13-9-5-2-1-3-6-10-13/h13H,1-12H2,(H,18,19,20). The van der Waals surface area contributed by atoms with E-state index in [1.165, 1.54) is 87.7 Å². The Labute approximate surface area is 127 Å². The van der Waals surface area contributed by atoms with Crippen LogP contribution in [0.2, 0.25) is 0 Å². The van der Waals surface area contributed by atoms with Crippen molar-refractivity contribution in [3.63, 3.8) is 0 Å². The van der Waals surface area contributed by atoms with Crippen molar-refractivity contribution in [2.24, 2.45) is 0 Å². The lowest BCUT2D eigenvalue weighted by molar-refractivity contribution is 0.440. The molecule has 1 heterocycles. The van der Waals surface area contributed by atoms with E-state index in [0.717, 1.165) is 11.1 Å². The molecule has 0 saturated heterocycles.